The molecule has 3 nitrogen and oxygen atoms in total. The number of hydrogen-bond acceptors (Lipinski definition) is 1. The Labute approximate surface area is 122 Å². The van der Waals surface area contributed by atoms with Crippen molar-refractivity contribution in [2.45, 2.75) is 20.4 Å². The first-order valence-corrected chi connectivity index (χ1v) is 6.94. The predicted octanol–water partition coefficient (Wildman–Crippen LogP) is 3.31. The van der Waals surface area contributed by atoms with Gasteiger partial charge in [0.05, 0.1) is 28.3 Å². The van der Waals surface area contributed by atoms with E-state index in [9.17, 15) is 0 Å². The molecule has 0 atom stereocenters. The lowest BCUT2D eigenvalue weighted by atomic mass is 10.2. The molecule has 0 amide bonds. The van der Waals surface area contributed by atoms with E-state index in [0.29, 0.717) is 0 Å². The van der Waals surface area contributed by atoms with Gasteiger partial charge in [-0.05, 0) is 44.2 Å². The number of aromatic nitrogens is 1. The Hall–Kier alpha value is -1.74. The second-order valence-corrected chi connectivity index (χ2v) is 6.38. The highest BCUT2D eigenvalue weighted by atomic mass is 16.5. The smallest absolute Gasteiger partial charge is 0.119 e. The summed E-state index contributed by atoms with van der Waals surface area (Å²) in [7, 11) is 8.36. The van der Waals surface area contributed by atoms with Crippen LogP contribution in [0.3, 0.4) is 0 Å². The second kappa shape index (κ2) is 5.33. The van der Waals surface area contributed by atoms with Crippen LogP contribution in [0.2, 0.25) is 0 Å². The first-order valence-electron chi connectivity index (χ1n) is 6.94. The van der Waals surface area contributed by atoms with Crippen LogP contribution < -0.4 is 4.74 Å². The lowest BCUT2D eigenvalue weighted by molar-refractivity contribution is -0.884. The summed E-state index contributed by atoms with van der Waals surface area (Å²) in [6.07, 6.45) is 0. The minimum atomic E-state index is 0.891. The number of rotatable bonds is 4. The fraction of sp³-hybridized carbons (Fsp3) is 0.412. The zero-order valence-corrected chi connectivity index (χ0v) is 13.4. The van der Waals surface area contributed by atoms with Gasteiger partial charge >= 0.3 is 0 Å². The highest BCUT2D eigenvalue weighted by Gasteiger charge is 2.16. The largest absolute Gasteiger partial charge is 0.497 e. The molecule has 0 spiro atoms. The minimum absolute atomic E-state index is 0.891. The summed E-state index contributed by atoms with van der Waals surface area (Å²) in [5.41, 5.74) is 5.19. The van der Waals surface area contributed by atoms with Crippen LogP contribution in [0, 0.1) is 13.8 Å². The molecule has 1 aromatic heterocycles. The van der Waals surface area contributed by atoms with E-state index >= 15 is 0 Å². The van der Waals surface area contributed by atoms with Gasteiger partial charge in [-0.15, -0.1) is 0 Å². The van der Waals surface area contributed by atoms with Crippen LogP contribution in [0.15, 0.2) is 30.3 Å². The van der Waals surface area contributed by atoms with E-state index in [1.54, 1.807) is 7.11 Å². The molecule has 1 heterocycles. The average Bonchev–Trinajstić information content (AvgIpc) is 2.63. The van der Waals surface area contributed by atoms with Gasteiger partial charge in [0, 0.05) is 22.6 Å². The maximum Gasteiger partial charge on any atom is 0.119 e. The summed E-state index contributed by atoms with van der Waals surface area (Å²) >= 11 is 0. The monoisotopic (exact) mass is 273 g/mol. The maximum absolute atomic E-state index is 5.22. The molecule has 0 saturated carbocycles. The molecule has 0 N–H and O–H groups in total. The highest BCUT2D eigenvalue weighted by molar-refractivity contribution is 5.43. The third kappa shape index (κ3) is 3.05. The maximum atomic E-state index is 5.22. The molecule has 2 rings (SSSR count). The van der Waals surface area contributed by atoms with Crippen molar-refractivity contribution >= 4 is 0 Å². The van der Waals surface area contributed by atoms with Crippen molar-refractivity contribution in [1.82, 2.24) is 4.57 Å². The summed E-state index contributed by atoms with van der Waals surface area (Å²) in [6, 6.07) is 10.5. The quantitative estimate of drug-likeness (QED) is 0.780. The van der Waals surface area contributed by atoms with Gasteiger partial charge in [0.2, 0.25) is 0 Å². The zero-order valence-electron chi connectivity index (χ0n) is 13.4. The van der Waals surface area contributed by atoms with Crippen molar-refractivity contribution in [3.8, 4) is 11.4 Å². The van der Waals surface area contributed by atoms with E-state index in [0.717, 1.165) is 16.8 Å². The number of quaternary nitrogens is 1. The van der Waals surface area contributed by atoms with Crippen LogP contribution in [0.4, 0.5) is 0 Å². The van der Waals surface area contributed by atoms with E-state index in [2.05, 4.69) is 57.8 Å². The third-order valence-electron chi connectivity index (χ3n) is 3.51. The summed E-state index contributed by atoms with van der Waals surface area (Å²) in [5.74, 6) is 0.891. The van der Waals surface area contributed by atoms with Gasteiger partial charge in [-0.3, -0.25) is 0 Å². The zero-order chi connectivity index (χ0) is 14.9. The predicted molar refractivity (Wildman–Crippen MR) is 83.5 cm³/mol. The number of aryl methyl sites for hydroxylation is 1. The Bertz CT molecular complexity index is 589. The molecule has 108 valence electrons. The van der Waals surface area contributed by atoms with Crippen molar-refractivity contribution in [2.24, 2.45) is 0 Å². The molecule has 0 unspecified atom stereocenters. The molecule has 0 aliphatic carbocycles. The molecule has 0 fully saturated rings. The normalized spacial score (nSPS) is 11.7. The topological polar surface area (TPSA) is 14.2 Å². The van der Waals surface area contributed by atoms with E-state index in [4.69, 9.17) is 4.74 Å². The second-order valence-electron chi connectivity index (χ2n) is 6.38. The molecular formula is C17H25N2O+. The van der Waals surface area contributed by atoms with Gasteiger partial charge in [-0.25, -0.2) is 0 Å². The first-order chi connectivity index (χ1) is 9.31. The average molecular weight is 273 g/mol. The van der Waals surface area contributed by atoms with Crippen molar-refractivity contribution in [1.29, 1.82) is 0 Å². The van der Waals surface area contributed by atoms with Crippen molar-refractivity contribution < 1.29 is 9.22 Å². The van der Waals surface area contributed by atoms with Gasteiger partial charge < -0.3 is 13.8 Å². The lowest BCUT2D eigenvalue weighted by Crippen LogP contribution is -2.33. The Balaban J connectivity index is 2.41. The molecule has 2 aromatic rings. The number of methoxy groups -OCH3 is 1. The van der Waals surface area contributed by atoms with Crippen molar-refractivity contribution in [2.75, 3.05) is 28.3 Å². The summed E-state index contributed by atoms with van der Waals surface area (Å²) in [6.45, 7) is 5.40. The van der Waals surface area contributed by atoms with Crippen LogP contribution >= 0.6 is 0 Å². The fourth-order valence-corrected chi connectivity index (χ4v) is 2.63. The van der Waals surface area contributed by atoms with E-state index in [-0.39, 0.29) is 0 Å². The molecule has 0 radical (unpaired) electrons. The molecule has 3 heteroatoms. The van der Waals surface area contributed by atoms with E-state index in [1.165, 1.54) is 22.6 Å². The summed E-state index contributed by atoms with van der Waals surface area (Å²) in [4.78, 5) is 0. The molecule has 20 heavy (non-hydrogen) atoms. The standard InChI is InChI=1S/C17H25N2O/c1-13-11-15(12-19(3,4)5)14(2)18(13)16-7-9-17(20-6)10-8-16/h7-11H,12H2,1-6H3/q+1. The Morgan fingerprint density at radius 1 is 1.05 bits per heavy atom. The highest BCUT2D eigenvalue weighted by Crippen LogP contribution is 2.24. The lowest BCUT2D eigenvalue weighted by Gasteiger charge is -2.23. The first kappa shape index (κ1) is 14.7. The van der Waals surface area contributed by atoms with E-state index < -0.39 is 0 Å². The van der Waals surface area contributed by atoms with Crippen molar-refractivity contribution in [3.05, 3.63) is 47.3 Å². The van der Waals surface area contributed by atoms with Gasteiger partial charge in [0.25, 0.3) is 0 Å². The van der Waals surface area contributed by atoms with Gasteiger partial charge in [0.1, 0.15) is 12.3 Å². The Kier molecular flexibility index (Phi) is 3.91. The number of benzene rings is 1. The third-order valence-corrected chi connectivity index (χ3v) is 3.51. The molecule has 0 aliphatic heterocycles. The van der Waals surface area contributed by atoms with Gasteiger partial charge in [0.15, 0.2) is 0 Å². The summed E-state index contributed by atoms with van der Waals surface area (Å²) in [5, 5.41) is 0. The minimum Gasteiger partial charge on any atom is -0.497 e. The van der Waals surface area contributed by atoms with Crippen LogP contribution in [0.5, 0.6) is 5.75 Å². The Morgan fingerprint density at radius 2 is 1.65 bits per heavy atom. The molecule has 0 saturated heterocycles. The van der Waals surface area contributed by atoms with Crippen LogP contribution in [0.1, 0.15) is 17.0 Å². The fourth-order valence-electron chi connectivity index (χ4n) is 2.63. The SMILES string of the molecule is COc1ccc(-n2c(C)cc(C[N+](C)(C)C)c2C)cc1. The number of nitrogens with zero attached hydrogens (tertiary/aromatic N) is 2. The summed E-state index contributed by atoms with van der Waals surface area (Å²) < 4.78 is 8.47. The number of ether oxygens (including phenoxy) is 1. The van der Waals surface area contributed by atoms with Crippen molar-refractivity contribution in [3.63, 3.8) is 0 Å². The molecule has 1 aromatic carbocycles. The van der Waals surface area contributed by atoms with E-state index in [1.807, 2.05) is 12.1 Å². The van der Waals surface area contributed by atoms with Crippen LogP contribution in [-0.2, 0) is 6.54 Å². The number of hydrogen-bond donors (Lipinski definition) is 0. The van der Waals surface area contributed by atoms with Crippen LogP contribution in [0.25, 0.3) is 5.69 Å². The molecular weight excluding hydrogens is 248 g/mol. The van der Waals surface area contributed by atoms with Gasteiger partial charge in [-0.2, -0.15) is 0 Å². The van der Waals surface area contributed by atoms with Crippen LogP contribution in [-0.4, -0.2) is 37.3 Å². The molecule has 0 aliphatic rings. The molecule has 0 bridgehead atoms. The van der Waals surface area contributed by atoms with Gasteiger partial charge in [-0.1, -0.05) is 0 Å². The Morgan fingerprint density at radius 3 is 2.15 bits per heavy atom.